The fourth-order valence-corrected chi connectivity index (χ4v) is 10.4. The van der Waals surface area contributed by atoms with Gasteiger partial charge in [-0.25, -0.2) is 29.9 Å². The smallest absolute Gasteiger partial charge is 0.474 e. The predicted octanol–water partition coefficient (Wildman–Crippen LogP) is 7.70. The second-order valence-electron chi connectivity index (χ2n) is 20.8. The number of nitrogens with one attached hydrogen (secondary N) is 2. The van der Waals surface area contributed by atoms with Gasteiger partial charge < -0.3 is 40.9 Å². The van der Waals surface area contributed by atoms with E-state index in [2.05, 4.69) is 62.5 Å². The van der Waals surface area contributed by atoms with Crippen LogP contribution in [0.1, 0.15) is 111 Å². The van der Waals surface area contributed by atoms with Crippen LogP contribution in [0.15, 0.2) is 114 Å². The Hall–Kier alpha value is -7.52. The third kappa shape index (κ3) is 11.6. The summed E-state index contributed by atoms with van der Waals surface area (Å²) < 4.78 is 25.0. The van der Waals surface area contributed by atoms with Gasteiger partial charge in [0.05, 0.1) is 34.5 Å². The van der Waals surface area contributed by atoms with Crippen LogP contribution < -0.4 is 37.0 Å². The van der Waals surface area contributed by atoms with Crippen molar-refractivity contribution in [3.05, 3.63) is 137 Å². The fourth-order valence-electron chi connectivity index (χ4n) is 10.2. The maximum Gasteiger partial charge on any atom is 0.498 e. The Labute approximate surface area is 438 Å². The molecule has 4 aromatic heterocycles. The number of halogens is 1. The monoisotopic (exact) mass is 1060 g/mol. The lowest BCUT2D eigenvalue weighted by atomic mass is 9.53. The minimum Gasteiger partial charge on any atom is -0.474 e. The summed E-state index contributed by atoms with van der Waals surface area (Å²) in [6, 6.07) is 26.0. The number of nitrogens with two attached hydrogens (primary N) is 2. The molecule has 18 nitrogen and oxygen atoms in total. The quantitative estimate of drug-likeness (QED) is 0.0855. The Morgan fingerprint density at radius 1 is 0.608 bits per heavy atom. The average Bonchev–Trinajstić information content (AvgIpc) is 3.57. The number of hydrogen-bond donors (Lipinski definition) is 4. The van der Waals surface area contributed by atoms with Crippen LogP contribution >= 0.6 is 15.9 Å². The molecule has 2 aromatic carbocycles. The normalized spacial score (nSPS) is 24.2. The maximum absolute atomic E-state index is 11.5. The summed E-state index contributed by atoms with van der Waals surface area (Å²) in [6.07, 6.45) is 18.4. The molecule has 0 atom stereocenters. The van der Waals surface area contributed by atoms with Gasteiger partial charge in [-0.1, -0.05) is 28.1 Å². The number of hydrogen-bond acceptors (Lipinski definition) is 16. The molecule has 5 fully saturated rings. The number of nitriles is 2. The van der Waals surface area contributed by atoms with E-state index in [0.717, 1.165) is 72.4 Å². The number of aromatic nitrogens is 6. The van der Waals surface area contributed by atoms with Crippen LogP contribution in [-0.2, 0) is 9.31 Å². The molecule has 6 aromatic rings. The van der Waals surface area contributed by atoms with Crippen LogP contribution in [0.3, 0.4) is 0 Å². The number of ether oxygens (including phenoxy) is 2. The Morgan fingerprint density at radius 3 is 1.42 bits per heavy atom. The Balaban J connectivity index is 0.000000156. The molecule has 5 aliphatic rings. The summed E-state index contributed by atoms with van der Waals surface area (Å²) in [5.41, 5.74) is 15.3. The van der Waals surface area contributed by atoms with Crippen molar-refractivity contribution >= 4 is 52.2 Å². The van der Waals surface area contributed by atoms with Crippen molar-refractivity contribution in [3.63, 3.8) is 0 Å². The minimum atomic E-state index is -0.528. The number of primary amides is 2. The molecule has 4 saturated carbocycles. The molecule has 20 heteroatoms. The second kappa shape index (κ2) is 21.1. The number of nitrogens with zero attached hydrogens (tertiary/aromatic N) is 8. The van der Waals surface area contributed by atoms with Gasteiger partial charge in [0, 0.05) is 64.8 Å². The first-order valence-electron chi connectivity index (χ1n) is 24.4. The summed E-state index contributed by atoms with van der Waals surface area (Å²) in [4.78, 5) is 49.2. The van der Waals surface area contributed by atoms with Crippen LogP contribution in [0, 0.1) is 33.5 Å². The van der Waals surface area contributed by atoms with Crippen LogP contribution in [0.5, 0.6) is 11.8 Å². The number of rotatable bonds is 12. The summed E-state index contributed by atoms with van der Waals surface area (Å²) >= 11 is 3.27. The Morgan fingerprint density at radius 2 is 1.01 bits per heavy atom. The number of pyridine rings is 2. The van der Waals surface area contributed by atoms with Crippen LogP contribution in [0.25, 0.3) is 11.1 Å². The summed E-state index contributed by atoms with van der Waals surface area (Å²) in [7, 11) is -0.461. The molecule has 0 bridgehead atoms. The van der Waals surface area contributed by atoms with Crippen molar-refractivity contribution in [2.45, 2.75) is 115 Å². The summed E-state index contributed by atoms with van der Waals surface area (Å²) in [5.74, 6) is 0.833. The predicted molar refractivity (Wildman–Crippen MR) is 280 cm³/mol. The van der Waals surface area contributed by atoms with E-state index in [4.69, 9.17) is 40.8 Å². The van der Waals surface area contributed by atoms with E-state index in [1.165, 1.54) is 0 Å². The first kappa shape index (κ1) is 51.4. The van der Waals surface area contributed by atoms with Crippen LogP contribution in [0.2, 0.25) is 0 Å². The van der Waals surface area contributed by atoms with E-state index in [-0.39, 0.29) is 23.0 Å². The third-order valence-corrected chi connectivity index (χ3v) is 15.4. The SMILES string of the molecule is CC1(C)OB(c2cnc(NC3CC4(C3)CC(Oc3ncccc3C(N)=O)C4)nc2)OC1(C)C.N#Cc1ccc(-c2cnc(NC3CC4(C3)CC(Oc3ncccc3C(N)=O)C4)nc2)cc1.N#Cc1ccc(Br)cc1. The van der Waals surface area contributed by atoms with Crippen molar-refractivity contribution in [2.24, 2.45) is 22.3 Å². The van der Waals surface area contributed by atoms with Crippen molar-refractivity contribution in [1.82, 2.24) is 29.9 Å². The minimum absolute atomic E-state index is 0.0619. The first-order chi connectivity index (χ1) is 35.4. The second-order valence-corrected chi connectivity index (χ2v) is 21.7. The molecular formula is C54H56BBrN12O6. The molecule has 0 radical (unpaired) electrons. The first-order valence-corrected chi connectivity index (χ1v) is 25.2. The van der Waals surface area contributed by atoms with Gasteiger partial charge in [-0.05, 0) is 156 Å². The largest absolute Gasteiger partial charge is 0.498 e. The number of benzene rings is 2. The lowest BCUT2D eigenvalue weighted by Crippen LogP contribution is -2.56. The van der Waals surface area contributed by atoms with Crippen molar-refractivity contribution < 1.29 is 28.4 Å². The number of carbonyl (C=O) groups is 2. The molecule has 5 heterocycles. The van der Waals surface area contributed by atoms with Crippen LogP contribution in [0.4, 0.5) is 11.9 Å². The van der Waals surface area contributed by atoms with Crippen LogP contribution in [-0.4, -0.2) is 84.3 Å². The zero-order valence-electron chi connectivity index (χ0n) is 41.5. The standard InChI is InChI=1S/C24H22N6O2.C23H30BN5O4.C7H4BrN/c25-12-15-3-5-16(6-4-15)17-13-28-23(29-14-17)30-18-8-24(9-18)10-19(11-24)32-22-20(21(26)31)2-1-7-27-22;1-21(2)22(3,4)33-24(32-21)14-12-27-20(28-13-14)29-15-8-23(9-15)10-16(11-23)31-19-17(18(25)30)6-5-7-26-19;8-7-3-1-6(5-9)2-4-7/h1-7,13-14,18-19H,8-11H2,(H2,26,31)(H,28,29,30);5-7,12-13,15-16H,8-11H2,1-4H3,(H2,25,30)(H,27,28,29);1-4H. The molecule has 74 heavy (non-hydrogen) atoms. The zero-order chi connectivity index (χ0) is 52.3. The van der Waals surface area contributed by atoms with Gasteiger partial charge in [-0.15, -0.1) is 0 Å². The van der Waals surface area contributed by atoms with Gasteiger partial charge >= 0.3 is 7.12 Å². The van der Waals surface area contributed by atoms with Gasteiger partial charge in [0.25, 0.3) is 11.8 Å². The van der Waals surface area contributed by atoms with Gasteiger partial charge in [0.15, 0.2) is 0 Å². The van der Waals surface area contributed by atoms with E-state index in [1.54, 1.807) is 85.7 Å². The highest BCUT2D eigenvalue weighted by molar-refractivity contribution is 9.10. The lowest BCUT2D eigenvalue weighted by Gasteiger charge is -2.57. The molecule has 1 saturated heterocycles. The third-order valence-electron chi connectivity index (χ3n) is 14.8. The van der Waals surface area contributed by atoms with E-state index < -0.39 is 30.1 Å². The topological polar surface area (TPSA) is 272 Å². The molecule has 6 N–H and O–H groups in total. The molecule has 0 unspecified atom stereocenters. The maximum atomic E-state index is 11.5. The molecule has 2 spiro atoms. The van der Waals surface area contributed by atoms with Gasteiger partial charge in [0.1, 0.15) is 23.3 Å². The number of amides is 2. The lowest BCUT2D eigenvalue weighted by molar-refractivity contribution is -0.0763. The van der Waals surface area contributed by atoms with Gasteiger partial charge in [-0.3, -0.25) is 9.59 Å². The van der Waals surface area contributed by atoms with E-state index in [0.29, 0.717) is 58.0 Å². The highest BCUT2D eigenvalue weighted by Crippen LogP contribution is 2.58. The molecular weight excluding hydrogens is 1000 g/mol. The molecule has 1 aliphatic heterocycles. The van der Waals surface area contributed by atoms with E-state index in [9.17, 15) is 9.59 Å². The highest BCUT2D eigenvalue weighted by atomic mass is 79.9. The van der Waals surface area contributed by atoms with Gasteiger partial charge in [-0.2, -0.15) is 10.5 Å². The zero-order valence-corrected chi connectivity index (χ0v) is 43.1. The van der Waals surface area contributed by atoms with Crippen molar-refractivity contribution in [1.29, 1.82) is 10.5 Å². The van der Waals surface area contributed by atoms with Gasteiger partial charge in [0.2, 0.25) is 23.7 Å². The summed E-state index contributed by atoms with van der Waals surface area (Å²) in [6.45, 7) is 8.11. The fraction of sp³-hybridized carbons (Fsp3) is 0.370. The number of carbonyl (C=O) groups excluding carboxylic acids is 2. The highest BCUT2D eigenvalue weighted by Gasteiger charge is 2.56. The molecule has 378 valence electrons. The Kier molecular flexibility index (Phi) is 14.7. The molecule has 2 amide bonds. The van der Waals surface area contributed by atoms with E-state index in [1.807, 2.05) is 58.0 Å². The van der Waals surface area contributed by atoms with Crippen molar-refractivity contribution in [2.75, 3.05) is 10.6 Å². The summed E-state index contributed by atoms with van der Waals surface area (Å²) in [5, 5.41) is 24.1. The molecule has 4 aliphatic carbocycles. The average molecular weight is 1060 g/mol. The molecule has 11 rings (SSSR count). The Bertz CT molecular complexity index is 3040. The van der Waals surface area contributed by atoms with E-state index >= 15 is 0 Å². The van der Waals surface area contributed by atoms with Crippen molar-refractivity contribution in [3.8, 4) is 35.0 Å². The number of anilines is 2.